The molecule has 1 atom stereocenters. The van der Waals surface area contributed by atoms with E-state index in [1.807, 2.05) is 0 Å². The van der Waals surface area contributed by atoms with Gasteiger partial charge in [0, 0.05) is 13.2 Å². The van der Waals surface area contributed by atoms with Gasteiger partial charge in [-0.3, -0.25) is 9.29 Å². The first kappa shape index (κ1) is 19.4. The van der Waals surface area contributed by atoms with Gasteiger partial charge >= 0.3 is 27.5 Å². The Morgan fingerprint density at radius 2 is 1.55 bits per heavy atom. The van der Waals surface area contributed by atoms with Crippen LogP contribution in [-0.2, 0) is 24.3 Å². The molecule has 0 saturated heterocycles. The summed E-state index contributed by atoms with van der Waals surface area (Å²) in [7, 11) is -5.60. The summed E-state index contributed by atoms with van der Waals surface area (Å²) >= 11 is 0. The lowest BCUT2D eigenvalue weighted by Crippen LogP contribution is -2.55. The van der Waals surface area contributed by atoms with Gasteiger partial charge in [0.25, 0.3) is 0 Å². The molecule has 1 unspecified atom stereocenters. The predicted octanol–water partition coefficient (Wildman–Crippen LogP) is 1.77. The van der Waals surface area contributed by atoms with Gasteiger partial charge < -0.3 is 9.47 Å². The van der Waals surface area contributed by atoms with E-state index in [0.717, 1.165) is 6.92 Å². The molecule has 0 radical (unpaired) electrons. The Kier molecular flexibility index (Phi) is 6.29. The number of hydrogen-bond donors (Lipinski definition) is 1. The number of ether oxygens (including phenoxy) is 3. The van der Waals surface area contributed by atoms with Gasteiger partial charge in [0.15, 0.2) is 0 Å². The van der Waals surface area contributed by atoms with Crippen LogP contribution in [-0.4, -0.2) is 50.2 Å². The number of hydrogen-bond acceptors (Lipinski definition) is 5. The Balaban J connectivity index is 5.63. The monoisotopic (exact) mass is 332 g/mol. The van der Waals surface area contributed by atoms with E-state index in [-0.39, 0.29) is 6.61 Å². The number of alkyl halides is 5. The molecular formula is C8H13F5O6S. The normalized spacial score (nSPS) is 17.0. The molecule has 0 aromatic rings. The van der Waals surface area contributed by atoms with Crippen molar-refractivity contribution < 1.29 is 49.1 Å². The highest BCUT2D eigenvalue weighted by atomic mass is 32.2. The first-order chi connectivity index (χ1) is 8.83. The first-order valence-corrected chi connectivity index (χ1v) is 6.60. The molecule has 0 fully saturated rings. The Morgan fingerprint density at radius 1 is 1.05 bits per heavy atom. The van der Waals surface area contributed by atoms with Gasteiger partial charge in [0.2, 0.25) is 0 Å². The van der Waals surface area contributed by atoms with E-state index in [2.05, 4.69) is 14.2 Å². The molecule has 122 valence electrons. The minimum absolute atomic E-state index is 0.245. The van der Waals surface area contributed by atoms with Crippen molar-refractivity contribution in [2.24, 2.45) is 0 Å². The second-order valence-corrected chi connectivity index (χ2v) is 4.92. The smallest absolute Gasteiger partial charge is 0.375 e. The van der Waals surface area contributed by atoms with Crippen molar-refractivity contribution in [3.63, 3.8) is 0 Å². The zero-order valence-corrected chi connectivity index (χ0v) is 11.2. The molecule has 1 N–H and O–H groups in total. The summed E-state index contributed by atoms with van der Waals surface area (Å²) in [6.07, 6.45) is -12.1. The van der Waals surface area contributed by atoms with E-state index >= 15 is 0 Å². The highest BCUT2D eigenvalue weighted by molar-refractivity contribution is 7.86. The lowest BCUT2D eigenvalue weighted by molar-refractivity contribution is -0.436. The van der Waals surface area contributed by atoms with E-state index in [4.69, 9.17) is 4.55 Å². The van der Waals surface area contributed by atoms with Crippen LogP contribution in [0.1, 0.15) is 13.8 Å². The molecule has 12 heteroatoms. The van der Waals surface area contributed by atoms with Crippen molar-refractivity contribution >= 4 is 10.1 Å². The molecule has 0 rings (SSSR count). The molecule has 0 spiro atoms. The average molecular weight is 332 g/mol. The van der Waals surface area contributed by atoms with Crippen LogP contribution < -0.4 is 0 Å². The maximum atomic E-state index is 12.8. The lowest BCUT2D eigenvalue weighted by Gasteiger charge is -2.33. The summed E-state index contributed by atoms with van der Waals surface area (Å²) in [5, 5.41) is -3.68. The third kappa shape index (κ3) is 4.48. The number of rotatable bonds is 8. The first-order valence-electron chi connectivity index (χ1n) is 5.16. The van der Waals surface area contributed by atoms with E-state index in [1.54, 1.807) is 0 Å². The van der Waals surface area contributed by atoms with Crippen molar-refractivity contribution in [1.82, 2.24) is 0 Å². The summed E-state index contributed by atoms with van der Waals surface area (Å²) < 4.78 is 105. The van der Waals surface area contributed by atoms with Gasteiger partial charge in [-0.1, -0.05) is 0 Å². The topological polar surface area (TPSA) is 82.1 Å². The molecule has 0 aliphatic rings. The van der Waals surface area contributed by atoms with Crippen LogP contribution in [0.4, 0.5) is 22.0 Å². The van der Waals surface area contributed by atoms with Gasteiger partial charge in [-0.2, -0.15) is 30.4 Å². The molecule has 6 nitrogen and oxygen atoms in total. The zero-order chi connectivity index (χ0) is 16.2. The Bertz CT molecular complexity index is 408. The fourth-order valence-corrected chi connectivity index (χ4v) is 1.71. The molecule has 0 aromatic heterocycles. The third-order valence-corrected chi connectivity index (χ3v) is 2.96. The minimum Gasteiger partial charge on any atom is -0.375 e. The minimum atomic E-state index is -6.20. The molecule has 0 saturated carbocycles. The molecule has 0 aliphatic heterocycles. The molecule has 0 amide bonds. The van der Waals surface area contributed by atoms with Crippen molar-refractivity contribution in [1.29, 1.82) is 0 Å². The maximum Gasteiger partial charge on any atom is 0.483 e. The van der Waals surface area contributed by atoms with Crippen LogP contribution in [0, 0.1) is 0 Å². The van der Waals surface area contributed by atoms with Crippen molar-refractivity contribution in [2.45, 2.75) is 31.3 Å². The van der Waals surface area contributed by atoms with Crippen molar-refractivity contribution in [3.8, 4) is 0 Å². The number of halogens is 5. The highest BCUT2D eigenvalue weighted by Crippen LogP contribution is 2.41. The summed E-state index contributed by atoms with van der Waals surface area (Å²) in [5.74, 6) is 0. The summed E-state index contributed by atoms with van der Waals surface area (Å²) in [5.41, 5.74) is 0. The lowest BCUT2D eigenvalue weighted by atomic mass is 10.5. The average Bonchev–Trinajstić information content (AvgIpc) is 2.22. The van der Waals surface area contributed by atoms with Crippen LogP contribution in [0.15, 0.2) is 0 Å². The fraction of sp³-hybridized carbons (Fsp3) is 1.00. The molecule has 0 heterocycles. The summed E-state index contributed by atoms with van der Waals surface area (Å²) in [4.78, 5) is 0. The summed E-state index contributed by atoms with van der Waals surface area (Å²) in [6, 6.07) is 0. The van der Waals surface area contributed by atoms with E-state index in [1.165, 1.54) is 6.92 Å². The van der Waals surface area contributed by atoms with E-state index in [0.29, 0.717) is 0 Å². The molecular weight excluding hydrogens is 319 g/mol. The molecule has 20 heavy (non-hydrogen) atoms. The van der Waals surface area contributed by atoms with Crippen LogP contribution in [0.3, 0.4) is 0 Å². The van der Waals surface area contributed by atoms with Crippen molar-refractivity contribution in [2.75, 3.05) is 19.8 Å². The molecule has 0 aliphatic carbocycles. The summed E-state index contributed by atoms with van der Waals surface area (Å²) in [6.45, 7) is 0.150. The van der Waals surface area contributed by atoms with Gasteiger partial charge in [-0.25, -0.2) is 0 Å². The van der Waals surface area contributed by atoms with Crippen LogP contribution in [0.2, 0.25) is 0 Å². The molecule has 0 bridgehead atoms. The largest absolute Gasteiger partial charge is 0.483 e. The van der Waals surface area contributed by atoms with Gasteiger partial charge in [0.05, 0.1) is 0 Å². The van der Waals surface area contributed by atoms with Gasteiger partial charge in [-0.05, 0) is 13.8 Å². The van der Waals surface area contributed by atoms with Crippen molar-refractivity contribution in [3.05, 3.63) is 0 Å². The third-order valence-electron chi connectivity index (χ3n) is 1.85. The molecule has 0 aromatic carbocycles. The van der Waals surface area contributed by atoms with Crippen LogP contribution in [0.5, 0.6) is 0 Å². The second-order valence-electron chi connectivity index (χ2n) is 3.34. The Morgan fingerprint density at radius 3 is 1.85 bits per heavy atom. The van der Waals surface area contributed by atoms with Crippen LogP contribution >= 0.6 is 0 Å². The Labute approximate surface area is 111 Å². The van der Waals surface area contributed by atoms with Crippen LogP contribution in [0.25, 0.3) is 0 Å². The highest BCUT2D eigenvalue weighted by Gasteiger charge is 2.66. The quantitative estimate of drug-likeness (QED) is 0.414. The van der Waals surface area contributed by atoms with E-state index < -0.39 is 40.7 Å². The maximum absolute atomic E-state index is 12.8. The fourth-order valence-electron chi connectivity index (χ4n) is 1.00. The zero-order valence-electron chi connectivity index (χ0n) is 10.4. The Hall–Kier alpha value is -0.560. The SMILES string of the molecule is CCOCC(OCC)(OC(F)(F)C(F)(F)F)S(=O)(=O)O. The van der Waals surface area contributed by atoms with Gasteiger partial charge in [-0.15, -0.1) is 0 Å². The second kappa shape index (κ2) is 6.47. The van der Waals surface area contributed by atoms with E-state index in [9.17, 15) is 30.4 Å². The predicted molar refractivity (Wildman–Crippen MR) is 54.5 cm³/mol. The standard InChI is InChI=1S/C8H13F5O6S/c1-3-17-5-6(18-4-2,20(14,15)16)19-8(12,13)7(9,10)11/h3-5H2,1-2H3,(H,14,15,16). The van der Waals surface area contributed by atoms with Gasteiger partial charge in [0.1, 0.15) is 6.61 Å².